The summed E-state index contributed by atoms with van der Waals surface area (Å²) in [7, 11) is -16.3. The van der Waals surface area contributed by atoms with Crippen molar-refractivity contribution >= 4 is 105 Å². The standard InChI is InChI=1S/C51H43F3N18O13PS3/c1-87(74,75)37-4-25(31(52)7-34(37)55)43-40-46(83-67-49(40)58)28(13-61-43)22-10-64-70(16-22)19-80-86(73,81-20-71-17-23(11-65-71)29-14-62-44(41-47(29)84-68-50(41)59)26-5-38(88(2,76)77)35(56)8-32(26)53)82-21-72-18-24(12-66-72)30-15-63-45(42-48(30)85-69-51(42)60)27-6-39(89(3,78)79)36(57)9-33(27)54/h4-18,73H,19-21,55-57H2,1-3H3,(H2,58,67)(H2,59,68)(H2,60,69)/q+1. The van der Waals surface area contributed by atoms with E-state index >= 15 is 13.2 Å². The van der Waals surface area contributed by atoms with E-state index in [-0.39, 0.29) is 133 Å². The number of fused-ring (bicyclic) bond motifs is 3. The molecule has 0 fully saturated rings. The Hall–Kier alpha value is -10.1. The van der Waals surface area contributed by atoms with E-state index in [9.17, 15) is 30.1 Å². The van der Waals surface area contributed by atoms with Gasteiger partial charge in [0.25, 0.3) is 0 Å². The second kappa shape index (κ2) is 21.6. The number of nitrogens with two attached hydrogens (primary N) is 6. The summed E-state index contributed by atoms with van der Waals surface area (Å²) in [5.41, 5.74) is 35.8. The number of nitrogens with zero attached hydrogens (tertiary/aromatic N) is 12. The predicted molar refractivity (Wildman–Crippen MR) is 313 cm³/mol. The van der Waals surface area contributed by atoms with Crippen LogP contribution in [0.2, 0.25) is 0 Å². The first-order chi connectivity index (χ1) is 42.0. The molecule has 9 heterocycles. The lowest BCUT2D eigenvalue weighted by Gasteiger charge is -2.15. The van der Waals surface area contributed by atoms with E-state index in [1.807, 2.05) is 0 Å². The van der Waals surface area contributed by atoms with Crippen LogP contribution in [0.5, 0.6) is 0 Å². The van der Waals surface area contributed by atoms with Crippen molar-refractivity contribution in [3.63, 3.8) is 0 Å². The molecule has 0 spiro atoms. The molecule has 0 unspecified atom stereocenters. The molecule has 0 amide bonds. The van der Waals surface area contributed by atoms with Gasteiger partial charge < -0.3 is 48.0 Å². The van der Waals surface area contributed by atoms with Crippen molar-refractivity contribution in [3.8, 4) is 67.2 Å². The lowest BCUT2D eigenvalue weighted by molar-refractivity contribution is 0.0194. The van der Waals surface area contributed by atoms with Gasteiger partial charge in [0.05, 0.1) is 83.6 Å². The van der Waals surface area contributed by atoms with Gasteiger partial charge in [0.15, 0.2) is 83.9 Å². The summed E-state index contributed by atoms with van der Waals surface area (Å²) < 4.78 is 160. The monoisotopic (exact) mass is 1300 g/mol. The molecule has 0 aliphatic heterocycles. The molecule has 458 valence electrons. The number of hydrogen-bond donors (Lipinski definition) is 7. The normalized spacial score (nSPS) is 12.6. The quantitative estimate of drug-likeness (QED) is 0.0294. The lowest BCUT2D eigenvalue weighted by Crippen LogP contribution is -2.14. The van der Waals surface area contributed by atoms with Gasteiger partial charge in [-0.2, -0.15) is 20.2 Å². The second-order valence-corrected chi connectivity index (χ2v) is 27.5. The zero-order valence-electron chi connectivity index (χ0n) is 45.8. The van der Waals surface area contributed by atoms with Crippen molar-refractivity contribution in [1.29, 1.82) is 0 Å². The van der Waals surface area contributed by atoms with E-state index in [1.54, 1.807) is 0 Å². The Morgan fingerprint density at radius 2 is 0.719 bits per heavy atom. The third kappa shape index (κ3) is 10.9. The molecule has 38 heteroatoms. The highest BCUT2D eigenvalue weighted by molar-refractivity contribution is 7.91. The summed E-state index contributed by atoms with van der Waals surface area (Å²) in [5.74, 6) is -3.34. The van der Waals surface area contributed by atoms with Crippen LogP contribution in [-0.2, 0) is 63.3 Å². The van der Waals surface area contributed by atoms with Crippen LogP contribution in [0.3, 0.4) is 0 Å². The summed E-state index contributed by atoms with van der Waals surface area (Å²) in [5, 5.41) is 24.7. The first-order valence-electron chi connectivity index (χ1n) is 25.2. The van der Waals surface area contributed by atoms with Crippen molar-refractivity contribution in [3.05, 3.63) is 110 Å². The average molecular weight is 1300 g/mol. The maximum Gasteiger partial charge on any atom is 0.578 e. The van der Waals surface area contributed by atoms with Gasteiger partial charge in [0.2, 0.25) is 0 Å². The van der Waals surface area contributed by atoms with Gasteiger partial charge in [-0.15, -0.1) is 13.6 Å². The maximum absolute atomic E-state index is 15.5. The van der Waals surface area contributed by atoms with Crippen molar-refractivity contribution in [2.45, 2.75) is 34.9 Å². The number of sulfone groups is 3. The van der Waals surface area contributed by atoms with E-state index in [2.05, 4.69) is 45.7 Å². The molecule has 12 rings (SSSR count). The maximum atomic E-state index is 15.5. The molecule has 12 aromatic rings. The SMILES string of the molecule is CS(=O)(=O)c1cc(-c2ncc(-c3cnn(CO[P+](O)(OCn4cc(-c5cnc(-c6cc(S(C)(=O)=O)c(N)cc6F)c6c(N)noc56)cn4)OCn4cc(-c5cnc(-c6cc(S(C)(=O)=O)c(N)cc6F)c6c(N)noc56)cn4)c3)c3onc(N)c23)c(F)cc1N. The van der Waals surface area contributed by atoms with Crippen LogP contribution in [0.4, 0.5) is 47.7 Å². The summed E-state index contributed by atoms with van der Waals surface area (Å²) in [4.78, 5) is 24.4. The van der Waals surface area contributed by atoms with Gasteiger partial charge in [-0.3, -0.25) is 15.0 Å². The minimum atomic E-state index is -4.57. The van der Waals surface area contributed by atoms with Crippen LogP contribution in [0, 0.1) is 17.5 Å². The summed E-state index contributed by atoms with van der Waals surface area (Å²) in [6, 6.07) is 5.64. The number of nitrogen functional groups attached to an aromatic ring is 6. The molecule has 0 saturated heterocycles. The molecule has 89 heavy (non-hydrogen) atoms. The van der Waals surface area contributed by atoms with Crippen LogP contribution >= 0.6 is 8.17 Å². The largest absolute Gasteiger partial charge is 0.578 e. The van der Waals surface area contributed by atoms with Gasteiger partial charge >= 0.3 is 8.17 Å². The highest BCUT2D eigenvalue weighted by atomic mass is 32.2. The Morgan fingerprint density at radius 1 is 0.449 bits per heavy atom. The fourth-order valence-corrected chi connectivity index (χ4v) is 13.0. The highest BCUT2D eigenvalue weighted by Crippen LogP contribution is 2.59. The summed E-state index contributed by atoms with van der Waals surface area (Å²) >= 11 is 0. The van der Waals surface area contributed by atoms with Crippen molar-refractivity contribution in [1.82, 2.24) is 59.8 Å². The van der Waals surface area contributed by atoms with Gasteiger partial charge in [-0.25, -0.2) is 52.5 Å². The van der Waals surface area contributed by atoms with Gasteiger partial charge in [0, 0.05) is 106 Å². The molecular weight excluding hydrogens is 1260 g/mol. The van der Waals surface area contributed by atoms with E-state index < -0.39 is 75.3 Å². The Bertz CT molecular complexity index is 4760. The minimum Gasteiger partial charge on any atom is -0.398 e. The van der Waals surface area contributed by atoms with E-state index in [0.717, 1.165) is 55.2 Å². The zero-order valence-corrected chi connectivity index (χ0v) is 49.1. The average Bonchev–Trinajstić information content (AvgIpc) is 1.86. The molecule has 0 bridgehead atoms. The Labute approximate surface area is 497 Å². The van der Waals surface area contributed by atoms with E-state index in [4.69, 9.17) is 61.5 Å². The number of aromatic nitrogens is 12. The molecule has 0 saturated carbocycles. The van der Waals surface area contributed by atoms with Crippen molar-refractivity contribution in [2.75, 3.05) is 53.2 Å². The summed E-state index contributed by atoms with van der Waals surface area (Å²) in [6.07, 6.45) is 15.0. The Balaban J connectivity index is 0.838. The van der Waals surface area contributed by atoms with Gasteiger partial charge in [-0.05, 0) is 36.4 Å². The second-order valence-electron chi connectivity index (χ2n) is 19.9. The third-order valence-corrected chi connectivity index (χ3v) is 18.5. The Morgan fingerprint density at radius 3 is 0.978 bits per heavy atom. The number of pyridine rings is 3. The zero-order chi connectivity index (χ0) is 63.4. The third-order valence-electron chi connectivity index (χ3n) is 13.7. The fourth-order valence-electron chi connectivity index (χ4n) is 9.57. The van der Waals surface area contributed by atoms with Gasteiger partial charge in [0.1, 0.15) is 17.5 Å². The molecule has 0 aliphatic carbocycles. The fraction of sp³-hybridized carbons (Fsp3) is 0.118. The number of halogens is 3. The summed E-state index contributed by atoms with van der Waals surface area (Å²) in [6.45, 7) is -1.74. The number of anilines is 6. The molecule has 0 radical (unpaired) electrons. The van der Waals surface area contributed by atoms with Crippen LogP contribution in [0.1, 0.15) is 0 Å². The van der Waals surface area contributed by atoms with Gasteiger partial charge in [-0.1, -0.05) is 15.5 Å². The molecule has 3 aromatic carbocycles. The van der Waals surface area contributed by atoms with Crippen LogP contribution < -0.4 is 34.4 Å². The predicted octanol–water partition coefficient (Wildman–Crippen LogP) is 6.00. The smallest absolute Gasteiger partial charge is 0.398 e. The highest BCUT2D eigenvalue weighted by Gasteiger charge is 2.46. The first kappa shape index (κ1) is 59.2. The molecule has 0 aliphatic rings. The number of benzene rings is 3. The van der Waals surface area contributed by atoms with Crippen molar-refractivity contribution < 1.29 is 70.5 Å². The minimum absolute atomic E-state index is 0.00853. The molecule has 9 aromatic heterocycles. The van der Waals surface area contributed by atoms with Crippen LogP contribution in [-0.4, -0.2) is 109 Å². The number of hydrogen-bond acceptors (Lipinski definition) is 28. The van der Waals surface area contributed by atoms with E-state index in [1.165, 1.54) is 69.8 Å². The molecule has 31 nitrogen and oxygen atoms in total. The van der Waals surface area contributed by atoms with Crippen LogP contribution in [0.25, 0.3) is 100 Å². The van der Waals surface area contributed by atoms with E-state index in [0.29, 0.717) is 16.7 Å². The Kier molecular flexibility index (Phi) is 14.4. The van der Waals surface area contributed by atoms with Crippen LogP contribution in [0.15, 0.2) is 120 Å². The first-order valence-corrected chi connectivity index (χ1v) is 32.4. The molecule has 0 atom stereocenters. The topological polar surface area (TPSA) is 477 Å². The van der Waals surface area contributed by atoms with Crippen molar-refractivity contribution in [2.24, 2.45) is 0 Å². The lowest BCUT2D eigenvalue weighted by atomic mass is 10.0. The molecule has 13 N–H and O–H groups in total. The number of rotatable bonds is 18. The molecular formula is C51H43F3N18O13PS3+.